The Balaban J connectivity index is 2.24. The number of amides is 1. The number of aromatic hydroxyl groups is 1. The van der Waals surface area contributed by atoms with Gasteiger partial charge in [0.05, 0.1) is 6.21 Å². The van der Waals surface area contributed by atoms with Gasteiger partial charge in [0, 0.05) is 29.3 Å². The van der Waals surface area contributed by atoms with Crippen molar-refractivity contribution in [2.24, 2.45) is 10.9 Å². The van der Waals surface area contributed by atoms with Crippen LogP contribution in [0.4, 0.5) is 0 Å². The number of phenols is 1. The Labute approximate surface area is 153 Å². The summed E-state index contributed by atoms with van der Waals surface area (Å²) in [5.74, 6) is 6.03. The number of nitrogens with two attached hydrogens (primary N) is 1. The van der Waals surface area contributed by atoms with Gasteiger partial charge < -0.3 is 20.6 Å². The number of ether oxygens (including phenoxy) is 1. The van der Waals surface area contributed by atoms with Crippen LogP contribution in [0.2, 0.25) is 0 Å². The normalized spacial score (nSPS) is 11.3. The van der Waals surface area contributed by atoms with Crippen LogP contribution < -0.4 is 10.6 Å². The quantitative estimate of drug-likeness (QED) is 0.469. The maximum Gasteiger partial charge on any atom is 0.254 e. The molecule has 0 fully saturated rings. The largest absolute Gasteiger partial charge is 0.507 e. The molecular weight excluding hydrogens is 330 g/mol. The van der Waals surface area contributed by atoms with Gasteiger partial charge in [-0.2, -0.15) is 5.10 Å². The van der Waals surface area contributed by atoms with E-state index < -0.39 is 0 Å². The summed E-state index contributed by atoms with van der Waals surface area (Å²) in [4.78, 5) is 14.6. The summed E-state index contributed by atoms with van der Waals surface area (Å²) in [6.07, 6.45) is 1.35. The zero-order chi connectivity index (χ0) is 19.3. The number of rotatable bonds is 6. The summed E-state index contributed by atoms with van der Waals surface area (Å²) in [7, 11) is 0. The van der Waals surface area contributed by atoms with Crippen molar-refractivity contribution in [3.63, 3.8) is 0 Å². The fraction of sp³-hybridized carbons (Fsp3) is 0.300. The highest BCUT2D eigenvalue weighted by Gasteiger charge is 2.21. The van der Waals surface area contributed by atoms with E-state index in [1.807, 2.05) is 32.6 Å². The van der Waals surface area contributed by atoms with E-state index in [1.165, 1.54) is 12.3 Å². The molecule has 138 valence electrons. The van der Waals surface area contributed by atoms with Crippen molar-refractivity contribution in [2.45, 2.75) is 39.8 Å². The summed E-state index contributed by atoms with van der Waals surface area (Å²) >= 11 is 0. The Kier molecular flexibility index (Phi) is 6.22. The maximum atomic E-state index is 12.8. The molecule has 0 bridgehead atoms. The second-order valence-electron chi connectivity index (χ2n) is 6.53. The Morgan fingerprint density at radius 2 is 1.77 bits per heavy atom. The summed E-state index contributed by atoms with van der Waals surface area (Å²) in [5.41, 5.74) is 1.05. The van der Waals surface area contributed by atoms with Gasteiger partial charge in [-0.3, -0.25) is 4.79 Å². The first-order valence-corrected chi connectivity index (χ1v) is 8.50. The Bertz CT molecular complexity index is 793. The molecule has 3 N–H and O–H groups in total. The lowest BCUT2D eigenvalue weighted by atomic mass is 10.1. The van der Waals surface area contributed by atoms with Crippen LogP contribution >= 0.6 is 0 Å². The van der Waals surface area contributed by atoms with Crippen LogP contribution in [0, 0.1) is 0 Å². The Morgan fingerprint density at radius 3 is 2.35 bits per heavy atom. The van der Waals surface area contributed by atoms with Gasteiger partial charge >= 0.3 is 0 Å². The van der Waals surface area contributed by atoms with Crippen molar-refractivity contribution in [2.75, 3.05) is 0 Å². The van der Waals surface area contributed by atoms with Crippen molar-refractivity contribution in [3.8, 4) is 17.2 Å². The van der Waals surface area contributed by atoms with Crippen LogP contribution in [0.1, 0.15) is 43.6 Å². The number of carbonyl (C=O) groups is 1. The molecule has 0 unspecified atom stereocenters. The Hall–Kier alpha value is -3.02. The molecule has 0 spiro atoms. The van der Waals surface area contributed by atoms with Crippen LogP contribution in [0.5, 0.6) is 17.2 Å². The van der Waals surface area contributed by atoms with Gasteiger partial charge in [0.1, 0.15) is 17.2 Å². The zero-order valence-corrected chi connectivity index (χ0v) is 15.5. The number of hydrazone groups is 1. The molecule has 0 radical (unpaired) electrons. The van der Waals surface area contributed by atoms with E-state index in [4.69, 9.17) is 10.6 Å². The molecule has 26 heavy (non-hydrogen) atoms. The summed E-state index contributed by atoms with van der Waals surface area (Å²) < 4.78 is 5.78. The number of hydrogen-bond acceptors (Lipinski definition) is 5. The van der Waals surface area contributed by atoms with Gasteiger partial charge in [-0.1, -0.05) is 6.07 Å². The smallest absolute Gasteiger partial charge is 0.254 e. The zero-order valence-electron chi connectivity index (χ0n) is 15.5. The average Bonchev–Trinajstić information content (AvgIpc) is 2.57. The second kappa shape index (κ2) is 8.38. The molecule has 0 aliphatic carbocycles. The molecule has 6 heteroatoms. The number of phenolic OH excluding ortho intramolecular Hbond substituents is 1. The molecule has 2 rings (SSSR count). The maximum absolute atomic E-state index is 12.8. The fourth-order valence-electron chi connectivity index (χ4n) is 2.82. The number of benzene rings is 2. The Morgan fingerprint density at radius 1 is 1.12 bits per heavy atom. The molecule has 0 aromatic heterocycles. The first-order chi connectivity index (χ1) is 12.3. The van der Waals surface area contributed by atoms with Crippen LogP contribution in [0.15, 0.2) is 47.6 Å². The minimum atomic E-state index is -0.0437. The number of carbonyl (C=O) groups excluding carboxylic acids is 1. The van der Waals surface area contributed by atoms with Crippen LogP contribution in [-0.2, 0) is 0 Å². The van der Waals surface area contributed by atoms with Crippen molar-refractivity contribution >= 4 is 12.1 Å². The van der Waals surface area contributed by atoms with Crippen LogP contribution in [0.25, 0.3) is 0 Å². The predicted octanol–water partition coefficient (Wildman–Crippen LogP) is 3.74. The summed E-state index contributed by atoms with van der Waals surface area (Å²) in [6, 6.07) is 12.0. The van der Waals surface area contributed by atoms with E-state index in [2.05, 4.69) is 5.10 Å². The predicted molar refractivity (Wildman–Crippen MR) is 103 cm³/mol. The molecule has 0 saturated carbocycles. The highest BCUT2D eigenvalue weighted by molar-refractivity contribution is 5.95. The first kappa shape index (κ1) is 19.3. The van der Waals surface area contributed by atoms with E-state index in [9.17, 15) is 9.90 Å². The second-order valence-corrected chi connectivity index (χ2v) is 6.53. The van der Waals surface area contributed by atoms with Gasteiger partial charge in [0.15, 0.2) is 0 Å². The molecule has 0 aliphatic heterocycles. The van der Waals surface area contributed by atoms with Gasteiger partial charge in [0.25, 0.3) is 5.91 Å². The molecule has 0 saturated heterocycles. The average molecular weight is 355 g/mol. The van der Waals surface area contributed by atoms with Gasteiger partial charge in [0.2, 0.25) is 0 Å². The fourth-order valence-corrected chi connectivity index (χ4v) is 2.82. The molecule has 0 atom stereocenters. The molecule has 1 amide bonds. The lowest BCUT2D eigenvalue weighted by molar-refractivity contribution is 0.0643. The van der Waals surface area contributed by atoms with E-state index in [1.54, 1.807) is 36.4 Å². The van der Waals surface area contributed by atoms with Crippen LogP contribution in [-0.4, -0.2) is 34.2 Å². The van der Waals surface area contributed by atoms with Gasteiger partial charge in [-0.25, -0.2) is 0 Å². The minimum Gasteiger partial charge on any atom is -0.507 e. The molecular formula is C20H25N3O3. The highest BCUT2D eigenvalue weighted by atomic mass is 16.5. The lowest BCUT2D eigenvalue weighted by Gasteiger charge is -2.31. The first-order valence-electron chi connectivity index (χ1n) is 8.50. The van der Waals surface area contributed by atoms with Crippen LogP contribution in [0.3, 0.4) is 0 Å². The van der Waals surface area contributed by atoms with E-state index >= 15 is 0 Å². The minimum absolute atomic E-state index is 0.00900. The number of hydrogen-bond donors (Lipinski definition) is 2. The van der Waals surface area contributed by atoms with Crippen molar-refractivity contribution in [1.82, 2.24) is 4.90 Å². The van der Waals surface area contributed by atoms with E-state index in [0.717, 1.165) is 0 Å². The molecule has 0 heterocycles. The third kappa shape index (κ3) is 4.53. The lowest BCUT2D eigenvalue weighted by Crippen LogP contribution is -2.42. The molecule has 2 aromatic rings. The third-order valence-corrected chi connectivity index (χ3v) is 3.88. The van der Waals surface area contributed by atoms with Crippen molar-refractivity contribution in [1.29, 1.82) is 0 Å². The highest BCUT2D eigenvalue weighted by Crippen LogP contribution is 2.28. The van der Waals surface area contributed by atoms with Crippen molar-refractivity contribution < 1.29 is 14.6 Å². The topological polar surface area (TPSA) is 88.2 Å². The van der Waals surface area contributed by atoms with E-state index in [-0.39, 0.29) is 23.7 Å². The standard InChI is InChI=1S/C20H25N3O3/c1-13(2)23(14(3)4)20(25)15-6-5-7-17(10-15)26-18-9-8-16(12-22-21)19(24)11-18/h5-14,24H,21H2,1-4H3. The SMILES string of the molecule is CC(C)N(C(=O)c1cccc(Oc2ccc(C=NN)c(O)c2)c1)C(C)C. The van der Waals surface area contributed by atoms with Gasteiger partial charge in [-0.15, -0.1) is 0 Å². The number of nitrogens with zero attached hydrogens (tertiary/aromatic N) is 2. The molecule has 0 aliphatic rings. The third-order valence-electron chi connectivity index (χ3n) is 3.88. The summed E-state index contributed by atoms with van der Waals surface area (Å²) in [6.45, 7) is 7.97. The van der Waals surface area contributed by atoms with E-state index in [0.29, 0.717) is 22.6 Å². The molecule has 6 nitrogen and oxygen atoms in total. The monoisotopic (exact) mass is 355 g/mol. The summed E-state index contributed by atoms with van der Waals surface area (Å²) in [5, 5.41) is 13.3. The van der Waals surface area contributed by atoms with Gasteiger partial charge in [-0.05, 0) is 58.0 Å². The molecule has 2 aromatic carbocycles. The van der Waals surface area contributed by atoms with Crippen molar-refractivity contribution in [3.05, 3.63) is 53.6 Å².